The Labute approximate surface area is 198 Å². The van der Waals surface area contributed by atoms with E-state index in [0.717, 1.165) is 0 Å². The predicted molar refractivity (Wildman–Crippen MR) is 125 cm³/mol. The molecule has 1 N–H and O–H groups in total. The first-order valence-corrected chi connectivity index (χ1v) is 12.1. The van der Waals surface area contributed by atoms with Gasteiger partial charge in [0.25, 0.3) is 0 Å². The quantitative estimate of drug-likeness (QED) is 0.465. The summed E-state index contributed by atoms with van der Waals surface area (Å²) in [7, 11) is -4.01. The van der Waals surface area contributed by atoms with Crippen LogP contribution in [0.25, 0.3) is 0 Å². The summed E-state index contributed by atoms with van der Waals surface area (Å²) in [4.78, 5) is 15.3. The number of rotatable bonds is 8. The van der Waals surface area contributed by atoms with Gasteiger partial charge in [-0.05, 0) is 61.7 Å². The number of halogens is 1. The number of carbonyl (C=O) groups excluding carboxylic acids is 1. The Bertz CT molecular complexity index is 1330. The highest BCUT2D eigenvalue weighted by Crippen LogP contribution is 2.28. The third-order valence-corrected chi connectivity index (χ3v) is 7.47. The fraction of sp³-hybridized carbons (Fsp3) is 0.250. The molecule has 0 radical (unpaired) electrons. The minimum absolute atomic E-state index is 0.00207. The van der Waals surface area contributed by atoms with Crippen LogP contribution in [-0.4, -0.2) is 30.3 Å². The fourth-order valence-corrected chi connectivity index (χ4v) is 5.16. The average Bonchev–Trinajstić information content (AvgIpc) is 3.08. The first-order chi connectivity index (χ1) is 15.7. The number of aryl methyl sites for hydroxylation is 1. The van der Waals surface area contributed by atoms with E-state index >= 15 is 0 Å². The molecule has 0 spiro atoms. The van der Waals surface area contributed by atoms with Gasteiger partial charge in [0.05, 0.1) is 23.1 Å². The lowest BCUT2D eigenvalue weighted by atomic mass is 10.1. The van der Waals surface area contributed by atoms with Gasteiger partial charge in [0.15, 0.2) is 0 Å². The minimum Gasteiger partial charge on any atom is -0.461 e. The van der Waals surface area contributed by atoms with Crippen LogP contribution in [0, 0.1) is 25.2 Å². The van der Waals surface area contributed by atoms with E-state index in [0.29, 0.717) is 33.1 Å². The SMILES string of the molecule is CCOC(=O)c1[nH]c(C)c(CN(Cc2ccccc2Cl)S(=O)(=O)c2cccc(C#N)c2)c1C. The van der Waals surface area contributed by atoms with Crippen molar-refractivity contribution in [3.05, 3.63) is 87.2 Å². The van der Waals surface area contributed by atoms with Gasteiger partial charge >= 0.3 is 5.97 Å². The highest BCUT2D eigenvalue weighted by Gasteiger charge is 2.29. The summed E-state index contributed by atoms with van der Waals surface area (Å²) >= 11 is 6.33. The zero-order valence-corrected chi connectivity index (χ0v) is 20.1. The summed E-state index contributed by atoms with van der Waals surface area (Å²) in [5.74, 6) is -0.494. The Morgan fingerprint density at radius 3 is 2.55 bits per heavy atom. The Balaban J connectivity index is 2.08. The second-order valence-corrected chi connectivity index (χ2v) is 9.80. The van der Waals surface area contributed by atoms with Crippen molar-refractivity contribution in [3.63, 3.8) is 0 Å². The van der Waals surface area contributed by atoms with Gasteiger partial charge < -0.3 is 9.72 Å². The van der Waals surface area contributed by atoms with Crippen molar-refractivity contribution in [2.45, 2.75) is 38.8 Å². The second kappa shape index (κ2) is 10.2. The smallest absolute Gasteiger partial charge is 0.355 e. The van der Waals surface area contributed by atoms with E-state index in [2.05, 4.69) is 4.98 Å². The number of hydrogen-bond acceptors (Lipinski definition) is 5. The van der Waals surface area contributed by atoms with Crippen LogP contribution in [0.3, 0.4) is 0 Å². The van der Waals surface area contributed by atoms with Gasteiger partial charge in [-0.2, -0.15) is 9.57 Å². The number of nitrogens with one attached hydrogen (secondary N) is 1. The van der Waals surface area contributed by atoms with E-state index in [1.165, 1.54) is 22.5 Å². The van der Waals surface area contributed by atoms with E-state index < -0.39 is 16.0 Å². The Morgan fingerprint density at radius 1 is 1.15 bits per heavy atom. The molecule has 0 saturated carbocycles. The number of aromatic amines is 1. The molecular formula is C24H24ClN3O4S. The van der Waals surface area contributed by atoms with Crippen molar-refractivity contribution in [1.29, 1.82) is 5.26 Å². The number of nitrogens with zero attached hydrogens (tertiary/aromatic N) is 2. The van der Waals surface area contributed by atoms with Gasteiger partial charge in [-0.15, -0.1) is 0 Å². The maximum Gasteiger partial charge on any atom is 0.355 e. The number of benzene rings is 2. The summed E-state index contributed by atoms with van der Waals surface area (Å²) in [5.41, 5.74) is 3.14. The number of hydrogen-bond donors (Lipinski definition) is 1. The molecular weight excluding hydrogens is 462 g/mol. The molecule has 0 saturated heterocycles. The molecule has 1 heterocycles. The van der Waals surface area contributed by atoms with Crippen molar-refractivity contribution in [2.24, 2.45) is 0 Å². The Morgan fingerprint density at radius 2 is 1.88 bits per heavy atom. The molecule has 7 nitrogen and oxygen atoms in total. The van der Waals surface area contributed by atoms with Gasteiger partial charge in [-0.3, -0.25) is 0 Å². The lowest BCUT2D eigenvalue weighted by Crippen LogP contribution is -2.31. The lowest BCUT2D eigenvalue weighted by Gasteiger charge is -2.23. The van der Waals surface area contributed by atoms with E-state index in [9.17, 15) is 18.5 Å². The molecule has 0 atom stereocenters. The number of aromatic nitrogens is 1. The monoisotopic (exact) mass is 485 g/mol. The van der Waals surface area contributed by atoms with Crippen LogP contribution in [-0.2, 0) is 27.8 Å². The van der Waals surface area contributed by atoms with Crippen LogP contribution in [0.1, 0.15) is 45.4 Å². The van der Waals surface area contributed by atoms with Crippen LogP contribution < -0.4 is 0 Å². The van der Waals surface area contributed by atoms with Gasteiger partial charge in [-0.1, -0.05) is 35.9 Å². The molecule has 172 valence electrons. The van der Waals surface area contributed by atoms with Crippen molar-refractivity contribution in [1.82, 2.24) is 9.29 Å². The zero-order valence-electron chi connectivity index (χ0n) is 18.6. The second-order valence-electron chi connectivity index (χ2n) is 7.45. The number of nitriles is 1. The standard InChI is InChI=1S/C24H24ClN3O4S/c1-4-32-24(29)23-16(2)21(17(3)27-23)15-28(14-19-9-5-6-11-22(19)25)33(30,31)20-10-7-8-18(12-20)13-26/h5-12,27H,4,14-15H2,1-3H3. The molecule has 9 heteroatoms. The molecule has 2 aromatic carbocycles. The van der Waals surface area contributed by atoms with E-state index in [1.807, 2.05) is 6.07 Å². The summed E-state index contributed by atoms with van der Waals surface area (Å²) in [5, 5.41) is 9.66. The lowest BCUT2D eigenvalue weighted by molar-refractivity contribution is 0.0519. The summed E-state index contributed by atoms with van der Waals surface area (Å²) in [6.45, 7) is 5.49. The molecule has 0 bridgehead atoms. The normalized spacial score (nSPS) is 11.4. The highest BCUT2D eigenvalue weighted by atomic mass is 35.5. The third-order valence-electron chi connectivity index (χ3n) is 5.31. The molecule has 0 aliphatic rings. The van der Waals surface area contributed by atoms with Gasteiger partial charge in [0.1, 0.15) is 5.69 Å². The van der Waals surface area contributed by atoms with Crippen LogP contribution >= 0.6 is 11.6 Å². The molecule has 0 aliphatic heterocycles. The number of esters is 1. The molecule has 0 fully saturated rings. The van der Waals surface area contributed by atoms with Crippen LogP contribution in [0.5, 0.6) is 0 Å². The van der Waals surface area contributed by atoms with Crippen molar-refractivity contribution in [2.75, 3.05) is 6.61 Å². The minimum atomic E-state index is -4.01. The van der Waals surface area contributed by atoms with Gasteiger partial charge in [0.2, 0.25) is 10.0 Å². The van der Waals surface area contributed by atoms with Crippen molar-refractivity contribution in [3.8, 4) is 6.07 Å². The van der Waals surface area contributed by atoms with Gasteiger partial charge in [0, 0.05) is 23.8 Å². The van der Waals surface area contributed by atoms with E-state index in [-0.39, 0.29) is 30.2 Å². The highest BCUT2D eigenvalue weighted by molar-refractivity contribution is 7.89. The van der Waals surface area contributed by atoms with Crippen LogP contribution in [0.4, 0.5) is 0 Å². The molecule has 0 amide bonds. The molecule has 3 aromatic rings. The predicted octanol–water partition coefficient (Wildman–Crippen LogP) is 4.72. The van der Waals surface area contributed by atoms with Crippen molar-refractivity contribution >= 4 is 27.6 Å². The molecule has 0 aliphatic carbocycles. The maximum atomic E-state index is 13.7. The molecule has 33 heavy (non-hydrogen) atoms. The van der Waals surface area contributed by atoms with Gasteiger partial charge in [-0.25, -0.2) is 13.2 Å². The summed E-state index contributed by atoms with van der Waals surface area (Å²) in [6.07, 6.45) is 0. The number of H-pyrrole nitrogens is 1. The fourth-order valence-electron chi connectivity index (χ4n) is 3.53. The Hall–Kier alpha value is -3.12. The van der Waals surface area contributed by atoms with E-state index in [4.69, 9.17) is 16.3 Å². The third kappa shape index (κ3) is 5.28. The Kier molecular flexibility index (Phi) is 7.59. The molecule has 0 unspecified atom stereocenters. The van der Waals surface area contributed by atoms with Crippen LogP contribution in [0.15, 0.2) is 53.4 Å². The molecule has 1 aromatic heterocycles. The number of ether oxygens (including phenoxy) is 1. The van der Waals surface area contributed by atoms with Crippen molar-refractivity contribution < 1.29 is 17.9 Å². The zero-order chi connectivity index (χ0) is 24.2. The first-order valence-electron chi connectivity index (χ1n) is 10.3. The molecule has 3 rings (SSSR count). The summed E-state index contributed by atoms with van der Waals surface area (Å²) in [6, 6.07) is 14.9. The maximum absolute atomic E-state index is 13.7. The number of sulfonamides is 1. The average molecular weight is 486 g/mol. The van der Waals surface area contributed by atoms with Crippen LogP contribution in [0.2, 0.25) is 5.02 Å². The largest absolute Gasteiger partial charge is 0.461 e. The topological polar surface area (TPSA) is 103 Å². The van der Waals surface area contributed by atoms with E-state index in [1.54, 1.807) is 51.1 Å². The first kappa shape index (κ1) is 24.5. The number of carbonyl (C=O) groups is 1. The summed E-state index contributed by atoms with van der Waals surface area (Å²) < 4.78 is 33.7.